The molecule has 0 unspecified atom stereocenters. The van der Waals surface area contributed by atoms with E-state index in [1.807, 2.05) is 0 Å². The summed E-state index contributed by atoms with van der Waals surface area (Å²) in [7, 11) is 1.46. The summed E-state index contributed by atoms with van der Waals surface area (Å²) < 4.78 is 22.2. The largest absolute Gasteiger partial charge is 0.352 e. The van der Waals surface area contributed by atoms with Gasteiger partial charge < -0.3 is 5.32 Å². The van der Waals surface area contributed by atoms with Gasteiger partial charge in [-0.2, -0.15) is 0 Å². The summed E-state index contributed by atoms with van der Waals surface area (Å²) in [5.41, 5.74) is 0.766. The third kappa shape index (κ3) is 2.70. The molecule has 0 bridgehead atoms. The highest BCUT2D eigenvalue weighted by atomic mass is 35.7. The van der Waals surface area contributed by atoms with Gasteiger partial charge in [0.25, 0.3) is 15.0 Å². The maximum absolute atomic E-state index is 11.5. The van der Waals surface area contributed by atoms with Crippen LogP contribution in [-0.2, 0) is 9.05 Å². The molecule has 7 heteroatoms. The number of hydrogen-bond donors (Lipinski definition) is 1. The fraction of sp³-hybridized carbons (Fsp3) is 0.375. The van der Waals surface area contributed by atoms with Crippen molar-refractivity contribution in [3.63, 3.8) is 0 Å². The Labute approximate surface area is 96.7 Å². The van der Waals surface area contributed by atoms with Gasteiger partial charge in [-0.05, 0) is 19.4 Å². The summed E-state index contributed by atoms with van der Waals surface area (Å²) in [4.78, 5) is 11.5. The molecular formula is C8H10ClNO3S2. The first-order chi connectivity index (χ1) is 6.88. The van der Waals surface area contributed by atoms with E-state index >= 15 is 0 Å². The van der Waals surface area contributed by atoms with Crippen molar-refractivity contribution < 1.29 is 13.2 Å². The number of thiophene rings is 1. The fourth-order valence-corrected chi connectivity index (χ4v) is 3.67. The van der Waals surface area contributed by atoms with Crippen LogP contribution in [0.4, 0.5) is 0 Å². The monoisotopic (exact) mass is 267 g/mol. The Kier molecular flexibility index (Phi) is 3.75. The third-order valence-electron chi connectivity index (χ3n) is 1.80. The number of carbonyl (C=O) groups is 1. The lowest BCUT2D eigenvalue weighted by Gasteiger charge is -2.00. The Balaban J connectivity index is 3.16. The summed E-state index contributed by atoms with van der Waals surface area (Å²) in [6.07, 6.45) is 0. The highest BCUT2D eigenvalue weighted by molar-refractivity contribution is 8.15. The van der Waals surface area contributed by atoms with Crippen molar-refractivity contribution >= 4 is 37.0 Å². The summed E-state index contributed by atoms with van der Waals surface area (Å²) >= 11 is 0.957. The maximum atomic E-state index is 11.5. The number of carbonyl (C=O) groups excluding carboxylic acids is 1. The molecule has 0 aliphatic carbocycles. The topological polar surface area (TPSA) is 63.2 Å². The standard InChI is InChI=1S/C8H10ClNO3S2/c1-3-10-7(11)6-4-14-8(5(6)2)15(9,12)13/h4H,3H2,1-2H3,(H,10,11). The second kappa shape index (κ2) is 4.51. The van der Waals surface area contributed by atoms with Crippen LogP contribution in [0.25, 0.3) is 0 Å². The molecule has 1 aromatic heterocycles. The molecule has 1 heterocycles. The van der Waals surface area contributed by atoms with Crippen LogP contribution in [0.1, 0.15) is 22.8 Å². The third-order valence-corrected chi connectivity index (χ3v) is 5.10. The van der Waals surface area contributed by atoms with Crippen LogP contribution < -0.4 is 5.32 Å². The van der Waals surface area contributed by atoms with Crippen LogP contribution in [0.15, 0.2) is 9.59 Å². The highest BCUT2D eigenvalue weighted by Crippen LogP contribution is 2.29. The molecule has 0 radical (unpaired) electrons. The van der Waals surface area contributed by atoms with Gasteiger partial charge in [0, 0.05) is 22.6 Å². The number of hydrogen-bond acceptors (Lipinski definition) is 4. The van der Waals surface area contributed by atoms with E-state index in [0.29, 0.717) is 17.7 Å². The molecule has 0 fully saturated rings. The molecule has 0 saturated heterocycles. The Morgan fingerprint density at radius 2 is 2.20 bits per heavy atom. The van der Waals surface area contributed by atoms with Crippen molar-refractivity contribution in [2.45, 2.75) is 18.1 Å². The molecule has 0 atom stereocenters. The van der Waals surface area contributed by atoms with E-state index in [2.05, 4.69) is 5.32 Å². The molecule has 4 nitrogen and oxygen atoms in total. The summed E-state index contributed by atoms with van der Waals surface area (Å²) in [5.74, 6) is -0.280. The second-order valence-corrected chi connectivity index (χ2v) is 6.50. The minimum atomic E-state index is -3.75. The molecule has 1 amide bonds. The summed E-state index contributed by atoms with van der Waals surface area (Å²) in [6, 6.07) is 0. The number of amides is 1. The molecule has 0 spiro atoms. The lowest BCUT2D eigenvalue weighted by molar-refractivity contribution is 0.0955. The first-order valence-electron chi connectivity index (χ1n) is 4.19. The van der Waals surface area contributed by atoms with Crippen LogP contribution in [0.2, 0.25) is 0 Å². The molecular weight excluding hydrogens is 258 g/mol. The molecule has 0 aromatic carbocycles. The molecule has 15 heavy (non-hydrogen) atoms. The van der Waals surface area contributed by atoms with Crippen molar-refractivity contribution in [3.8, 4) is 0 Å². The van der Waals surface area contributed by atoms with Crippen molar-refractivity contribution in [1.82, 2.24) is 5.32 Å². The SMILES string of the molecule is CCNC(=O)c1csc(S(=O)(=O)Cl)c1C. The van der Waals surface area contributed by atoms with E-state index in [0.717, 1.165) is 11.3 Å². The maximum Gasteiger partial charge on any atom is 0.271 e. The summed E-state index contributed by atoms with van der Waals surface area (Å²) in [6.45, 7) is 3.85. The molecule has 84 valence electrons. The van der Waals surface area contributed by atoms with Crippen LogP contribution >= 0.6 is 22.0 Å². The predicted molar refractivity (Wildman–Crippen MR) is 60.1 cm³/mol. The van der Waals surface area contributed by atoms with Crippen LogP contribution in [0, 0.1) is 6.92 Å². The molecule has 1 aromatic rings. The molecule has 0 saturated carbocycles. The van der Waals surface area contributed by atoms with Gasteiger partial charge in [0.05, 0.1) is 5.56 Å². The first-order valence-corrected chi connectivity index (χ1v) is 7.37. The predicted octanol–water partition coefficient (Wildman–Crippen LogP) is 1.73. The van der Waals surface area contributed by atoms with E-state index in [4.69, 9.17) is 10.7 Å². The van der Waals surface area contributed by atoms with E-state index in [1.54, 1.807) is 13.8 Å². The van der Waals surface area contributed by atoms with E-state index in [-0.39, 0.29) is 10.1 Å². The van der Waals surface area contributed by atoms with Crippen LogP contribution in [0.5, 0.6) is 0 Å². The molecule has 0 aliphatic rings. The lowest BCUT2D eigenvalue weighted by Crippen LogP contribution is -2.22. The van der Waals surface area contributed by atoms with Gasteiger partial charge in [0.2, 0.25) is 0 Å². The van der Waals surface area contributed by atoms with Crippen LogP contribution in [0.3, 0.4) is 0 Å². The van der Waals surface area contributed by atoms with E-state index in [1.165, 1.54) is 5.38 Å². The first kappa shape index (κ1) is 12.5. The lowest BCUT2D eigenvalue weighted by atomic mass is 10.2. The van der Waals surface area contributed by atoms with Crippen LogP contribution in [-0.4, -0.2) is 20.9 Å². The van der Waals surface area contributed by atoms with E-state index < -0.39 is 9.05 Å². The Morgan fingerprint density at radius 1 is 1.60 bits per heavy atom. The minimum Gasteiger partial charge on any atom is -0.352 e. The Hall–Kier alpha value is -0.590. The average molecular weight is 268 g/mol. The number of nitrogens with one attached hydrogen (secondary N) is 1. The normalized spacial score (nSPS) is 11.4. The quantitative estimate of drug-likeness (QED) is 0.849. The van der Waals surface area contributed by atoms with Gasteiger partial charge in [0.1, 0.15) is 4.21 Å². The summed E-state index contributed by atoms with van der Waals surface area (Å²) in [5, 5.41) is 4.09. The zero-order valence-electron chi connectivity index (χ0n) is 8.20. The van der Waals surface area contributed by atoms with Gasteiger partial charge in [0.15, 0.2) is 0 Å². The average Bonchev–Trinajstić information content (AvgIpc) is 2.46. The zero-order chi connectivity index (χ0) is 11.6. The van der Waals surface area contributed by atoms with Crippen molar-refractivity contribution in [1.29, 1.82) is 0 Å². The van der Waals surface area contributed by atoms with Crippen molar-refractivity contribution in [3.05, 3.63) is 16.5 Å². The van der Waals surface area contributed by atoms with E-state index in [9.17, 15) is 13.2 Å². The van der Waals surface area contributed by atoms with Gasteiger partial charge in [-0.3, -0.25) is 4.79 Å². The molecule has 1 N–H and O–H groups in total. The number of halogens is 1. The zero-order valence-corrected chi connectivity index (χ0v) is 10.6. The fourth-order valence-electron chi connectivity index (χ4n) is 1.12. The van der Waals surface area contributed by atoms with Gasteiger partial charge in [-0.15, -0.1) is 11.3 Å². The highest BCUT2D eigenvalue weighted by Gasteiger charge is 2.21. The second-order valence-electron chi connectivity index (χ2n) is 2.86. The van der Waals surface area contributed by atoms with Crippen molar-refractivity contribution in [2.24, 2.45) is 0 Å². The molecule has 1 rings (SSSR count). The Bertz CT molecular complexity index is 478. The van der Waals surface area contributed by atoms with Gasteiger partial charge in [-0.1, -0.05) is 0 Å². The number of rotatable bonds is 3. The van der Waals surface area contributed by atoms with Crippen molar-refractivity contribution in [2.75, 3.05) is 6.54 Å². The Morgan fingerprint density at radius 3 is 2.60 bits per heavy atom. The van der Waals surface area contributed by atoms with Gasteiger partial charge >= 0.3 is 0 Å². The van der Waals surface area contributed by atoms with Gasteiger partial charge in [-0.25, -0.2) is 8.42 Å². The minimum absolute atomic E-state index is 0.0328. The molecule has 0 aliphatic heterocycles. The smallest absolute Gasteiger partial charge is 0.271 e.